The molecule has 2 nitrogen and oxygen atoms in total. The van der Waals surface area contributed by atoms with Crippen molar-refractivity contribution in [2.75, 3.05) is 26.8 Å². The zero-order chi connectivity index (χ0) is 13.7. The Bertz CT molecular complexity index is 387. The summed E-state index contributed by atoms with van der Waals surface area (Å²) in [7, 11) is 2.02. The third kappa shape index (κ3) is 4.44. The molecule has 0 N–H and O–H groups in total. The number of hydrogen-bond acceptors (Lipinski definition) is 2. The molecule has 1 aliphatic rings. The molecule has 0 unspecified atom stereocenters. The fourth-order valence-corrected chi connectivity index (χ4v) is 2.69. The third-order valence-corrected chi connectivity index (χ3v) is 4.10. The van der Waals surface area contributed by atoms with Crippen LogP contribution in [0.25, 0.3) is 0 Å². The van der Waals surface area contributed by atoms with Crippen molar-refractivity contribution in [3.05, 3.63) is 34.6 Å². The van der Waals surface area contributed by atoms with Gasteiger partial charge in [0.1, 0.15) is 5.82 Å². The molecule has 1 aliphatic heterocycles. The van der Waals surface area contributed by atoms with Gasteiger partial charge in [0.25, 0.3) is 0 Å². The first-order valence-electron chi connectivity index (χ1n) is 6.86. The van der Waals surface area contributed by atoms with E-state index in [9.17, 15) is 4.39 Å². The molecule has 1 aromatic rings. The molecule has 1 fully saturated rings. The first-order valence-corrected chi connectivity index (χ1v) is 7.24. The van der Waals surface area contributed by atoms with Crippen LogP contribution >= 0.6 is 11.6 Å². The molecule has 0 bridgehead atoms. The van der Waals surface area contributed by atoms with Crippen molar-refractivity contribution in [1.29, 1.82) is 0 Å². The smallest absolute Gasteiger partial charge is 0.129 e. The second-order valence-electron chi connectivity index (χ2n) is 5.28. The lowest BCUT2D eigenvalue weighted by Gasteiger charge is -2.25. The highest BCUT2D eigenvalue weighted by molar-refractivity contribution is 6.31. The zero-order valence-corrected chi connectivity index (χ0v) is 12.1. The second-order valence-corrected chi connectivity index (χ2v) is 5.69. The second kappa shape index (κ2) is 7.22. The summed E-state index contributed by atoms with van der Waals surface area (Å²) in [5.41, 5.74) is 0.596. The summed E-state index contributed by atoms with van der Waals surface area (Å²) in [5.74, 6) is 0.526. The Labute approximate surface area is 119 Å². The quantitative estimate of drug-likeness (QED) is 0.817. The van der Waals surface area contributed by atoms with E-state index in [4.69, 9.17) is 16.3 Å². The SMILES string of the molecule is CN(CCC1CCOCC1)Cc1c(F)cccc1Cl. The highest BCUT2D eigenvalue weighted by Crippen LogP contribution is 2.22. The van der Waals surface area contributed by atoms with Crippen molar-refractivity contribution >= 4 is 11.6 Å². The van der Waals surface area contributed by atoms with E-state index >= 15 is 0 Å². The maximum absolute atomic E-state index is 13.7. The topological polar surface area (TPSA) is 12.5 Å². The van der Waals surface area contributed by atoms with Gasteiger partial charge in [-0.05, 0) is 50.9 Å². The van der Waals surface area contributed by atoms with Gasteiger partial charge in [-0.15, -0.1) is 0 Å². The van der Waals surface area contributed by atoms with E-state index in [1.807, 2.05) is 7.05 Å². The van der Waals surface area contributed by atoms with Crippen molar-refractivity contribution < 1.29 is 9.13 Å². The minimum atomic E-state index is -0.217. The van der Waals surface area contributed by atoms with Crippen LogP contribution in [0.2, 0.25) is 5.02 Å². The van der Waals surface area contributed by atoms with Crippen LogP contribution < -0.4 is 0 Å². The Hall–Kier alpha value is -0.640. The summed E-state index contributed by atoms with van der Waals surface area (Å²) in [5, 5.41) is 0.512. The maximum Gasteiger partial charge on any atom is 0.129 e. The maximum atomic E-state index is 13.7. The molecule has 4 heteroatoms. The number of ether oxygens (including phenoxy) is 1. The summed E-state index contributed by atoms with van der Waals surface area (Å²) in [6.45, 7) is 3.30. The van der Waals surface area contributed by atoms with E-state index in [2.05, 4.69) is 4.90 Å². The third-order valence-electron chi connectivity index (χ3n) is 3.75. The van der Waals surface area contributed by atoms with Gasteiger partial charge >= 0.3 is 0 Å². The lowest BCUT2D eigenvalue weighted by molar-refractivity contribution is 0.0608. The van der Waals surface area contributed by atoms with Crippen molar-refractivity contribution in [2.45, 2.75) is 25.8 Å². The van der Waals surface area contributed by atoms with Crippen LogP contribution in [0, 0.1) is 11.7 Å². The fraction of sp³-hybridized carbons (Fsp3) is 0.600. The molecule has 19 heavy (non-hydrogen) atoms. The zero-order valence-electron chi connectivity index (χ0n) is 11.4. The van der Waals surface area contributed by atoms with E-state index in [1.165, 1.54) is 6.07 Å². The summed E-state index contributed by atoms with van der Waals surface area (Å²) < 4.78 is 19.0. The Morgan fingerprint density at radius 1 is 1.37 bits per heavy atom. The summed E-state index contributed by atoms with van der Waals surface area (Å²) in [6, 6.07) is 4.85. The monoisotopic (exact) mass is 285 g/mol. The van der Waals surface area contributed by atoms with Gasteiger partial charge in [-0.2, -0.15) is 0 Å². The molecule has 2 rings (SSSR count). The van der Waals surface area contributed by atoms with Crippen LogP contribution in [-0.2, 0) is 11.3 Å². The standard InChI is InChI=1S/C15H21ClFNO/c1-18(8-5-12-6-9-19-10-7-12)11-13-14(16)3-2-4-15(13)17/h2-4,12H,5-11H2,1H3. The molecular formula is C15H21ClFNO. The average Bonchev–Trinajstić information content (AvgIpc) is 2.42. The number of nitrogens with zero attached hydrogens (tertiary/aromatic N) is 1. The van der Waals surface area contributed by atoms with Crippen molar-refractivity contribution in [3.63, 3.8) is 0 Å². The number of benzene rings is 1. The predicted molar refractivity (Wildman–Crippen MR) is 75.9 cm³/mol. The highest BCUT2D eigenvalue weighted by atomic mass is 35.5. The van der Waals surface area contributed by atoms with E-state index in [1.54, 1.807) is 12.1 Å². The van der Waals surface area contributed by atoms with E-state index in [-0.39, 0.29) is 5.82 Å². The highest BCUT2D eigenvalue weighted by Gasteiger charge is 2.15. The van der Waals surface area contributed by atoms with Crippen molar-refractivity contribution in [1.82, 2.24) is 4.90 Å². The van der Waals surface area contributed by atoms with Gasteiger partial charge in [-0.3, -0.25) is 0 Å². The first-order chi connectivity index (χ1) is 9.16. The van der Waals surface area contributed by atoms with E-state index in [0.29, 0.717) is 17.1 Å². The number of halogens is 2. The number of hydrogen-bond donors (Lipinski definition) is 0. The fourth-order valence-electron chi connectivity index (χ4n) is 2.47. The van der Waals surface area contributed by atoms with Crippen LogP contribution in [-0.4, -0.2) is 31.7 Å². The average molecular weight is 286 g/mol. The molecule has 106 valence electrons. The summed E-state index contributed by atoms with van der Waals surface area (Å²) in [4.78, 5) is 2.14. The Morgan fingerprint density at radius 2 is 2.11 bits per heavy atom. The molecule has 0 saturated carbocycles. The molecule has 1 saturated heterocycles. The van der Waals surface area contributed by atoms with Gasteiger partial charge in [0.2, 0.25) is 0 Å². The largest absolute Gasteiger partial charge is 0.381 e. The molecular weight excluding hydrogens is 265 g/mol. The summed E-state index contributed by atoms with van der Waals surface area (Å²) in [6.07, 6.45) is 3.44. The van der Waals surface area contributed by atoms with Crippen molar-refractivity contribution in [3.8, 4) is 0 Å². The first kappa shape index (κ1) is 14.8. The molecule has 0 spiro atoms. The summed E-state index contributed by atoms with van der Waals surface area (Å²) >= 11 is 6.04. The predicted octanol–water partition coefficient (Wildman–Crippen LogP) is 3.73. The van der Waals surface area contributed by atoms with Gasteiger partial charge in [0, 0.05) is 30.3 Å². The van der Waals surface area contributed by atoms with Gasteiger partial charge in [-0.1, -0.05) is 17.7 Å². The van der Waals surface area contributed by atoms with Crippen LogP contribution in [0.4, 0.5) is 4.39 Å². The minimum absolute atomic E-state index is 0.217. The van der Waals surface area contributed by atoms with Crippen LogP contribution in [0.5, 0.6) is 0 Å². The van der Waals surface area contributed by atoms with Crippen molar-refractivity contribution in [2.24, 2.45) is 5.92 Å². The lowest BCUT2D eigenvalue weighted by Crippen LogP contribution is -2.24. The minimum Gasteiger partial charge on any atom is -0.381 e. The normalized spacial score (nSPS) is 17.1. The molecule has 0 amide bonds. The van der Waals surface area contributed by atoms with Gasteiger partial charge in [0.05, 0.1) is 0 Å². The molecule has 1 heterocycles. The molecule has 0 aromatic heterocycles. The van der Waals surface area contributed by atoms with E-state index in [0.717, 1.165) is 44.9 Å². The van der Waals surface area contributed by atoms with Gasteiger partial charge in [-0.25, -0.2) is 4.39 Å². The Morgan fingerprint density at radius 3 is 2.79 bits per heavy atom. The van der Waals surface area contributed by atoms with Crippen LogP contribution in [0.1, 0.15) is 24.8 Å². The Kier molecular flexibility index (Phi) is 5.61. The van der Waals surface area contributed by atoms with Gasteiger partial charge in [0.15, 0.2) is 0 Å². The molecule has 0 radical (unpaired) electrons. The molecule has 1 aromatic carbocycles. The van der Waals surface area contributed by atoms with Crippen LogP contribution in [0.3, 0.4) is 0 Å². The van der Waals surface area contributed by atoms with E-state index < -0.39 is 0 Å². The molecule has 0 atom stereocenters. The number of rotatable bonds is 5. The van der Waals surface area contributed by atoms with Crippen LogP contribution in [0.15, 0.2) is 18.2 Å². The van der Waals surface area contributed by atoms with Gasteiger partial charge < -0.3 is 9.64 Å². The lowest BCUT2D eigenvalue weighted by atomic mass is 9.96. The molecule has 0 aliphatic carbocycles. The Balaban J connectivity index is 1.82.